The van der Waals surface area contributed by atoms with Gasteiger partial charge >= 0.3 is 0 Å². The molecule has 2 amide bonds. The van der Waals surface area contributed by atoms with Crippen molar-refractivity contribution in [1.82, 2.24) is 9.80 Å². The maximum absolute atomic E-state index is 13.2. The number of hydrogen-bond donors (Lipinski definition) is 1. The van der Waals surface area contributed by atoms with Gasteiger partial charge in [0.1, 0.15) is 5.82 Å². The minimum absolute atomic E-state index is 0.0654. The molecule has 0 aromatic heterocycles. The summed E-state index contributed by atoms with van der Waals surface area (Å²) in [6.07, 6.45) is 3.30. The molecular formula is C23H26FN3O4S. The van der Waals surface area contributed by atoms with E-state index in [9.17, 15) is 22.4 Å². The van der Waals surface area contributed by atoms with Crippen LogP contribution >= 0.6 is 0 Å². The standard InChI is InChI=1S/C23H26FN3O4S/c24-18-7-9-19(10-8-18)32(30,31)25-21-6-2-1-5-20(21)23(29)27-15-11-17(12-16-27)22(28)26-13-3-4-14-26/h1-2,5-10,17,25H,3-4,11-16H2. The van der Waals surface area contributed by atoms with Gasteiger partial charge in [-0.15, -0.1) is 0 Å². The molecule has 2 aromatic rings. The Kier molecular flexibility index (Phi) is 6.45. The van der Waals surface area contributed by atoms with Gasteiger partial charge in [0, 0.05) is 32.1 Å². The van der Waals surface area contributed by atoms with E-state index in [2.05, 4.69) is 4.72 Å². The number of benzene rings is 2. The zero-order valence-corrected chi connectivity index (χ0v) is 18.5. The molecule has 2 saturated heterocycles. The van der Waals surface area contributed by atoms with Gasteiger partial charge in [-0.05, 0) is 62.1 Å². The highest BCUT2D eigenvalue weighted by atomic mass is 32.2. The molecule has 0 spiro atoms. The minimum atomic E-state index is -3.98. The van der Waals surface area contributed by atoms with Crippen LogP contribution in [0, 0.1) is 11.7 Å². The molecule has 4 rings (SSSR count). The van der Waals surface area contributed by atoms with Crippen LogP contribution in [0.1, 0.15) is 36.0 Å². The highest BCUT2D eigenvalue weighted by molar-refractivity contribution is 7.92. The molecule has 2 aliphatic rings. The lowest BCUT2D eigenvalue weighted by atomic mass is 9.94. The van der Waals surface area contributed by atoms with Crippen LogP contribution < -0.4 is 4.72 Å². The zero-order chi connectivity index (χ0) is 22.7. The predicted molar refractivity (Wildman–Crippen MR) is 118 cm³/mol. The minimum Gasteiger partial charge on any atom is -0.342 e. The molecule has 2 aromatic carbocycles. The number of piperidine rings is 1. The molecule has 0 aliphatic carbocycles. The highest BCUT2D eigenvalue weighted by Gasteiger charge is 2.32. The molecule has 0 atom stereocenters. The lowest BCUT2D eigenvalue weighted by Crippen LogP contribution is -2.44. The summed E-state index contributed by atoms with van der Waals surface area (Å²) >= 11 is 0. The molecule has 0 unspecified atom stereocenters. The number of para-hydroxylation sites is 1. The van der Waals surface area contributed by atoms with Crippen LogP contribution in [0.3, 0.4) is 0 Å². The summed E-state index contributed by atoms with van der Waals surface area (Å²) in [5.41, 5.74) is 0.402. The van der Waals surface area contributed by atoms with Crippen molar-refractivity contribution in [3.05, 3.63) is 59.9 Å². The molecule has 2 heterocycles. The Balaban J connectivity index is 1.45. The monoisotopic (exact) mass is 459 g/mol. The van der Waals surface area contributed by atoms with Crippen LogP contribution in [0.15, 0.2) is 53.4 Å². The summed E-state index contributed by atoms with van der Waals surface area (Å²) in [4.78, 5) is 29.3. The summed E-state index contributed by atoms with van der Waals surface area (Å²) in [5, 5.41) is 0. The van der Waals surface area contributed by atoms with Crippen LogP contribution in [0.2, 0.25) is 0 Å². The summed E-state index contributed by atoms with van der Waals surface area (Å²) in [7, 11) is -3.98. The van der Waals surface area contributed by atoms with Gasteiger partial charge in [0.2, 0.25) is 5.91 Å². The van der Waals surface area contributed by atoms with E-state index in [4.69, 9.17) is 0 Å². The second-order valence-corrected chi connectivity index (χ2v) is 9.89. The molecule has 32 heavy (non-hydrogen) atoms. The fourth-order valence-corrected chi connectivity index (χ4v) is 5.35. The van der Waals surface area contributed by atoms with Gasteiger partial charge in [-0.25, -0.2) is 12.8 Å². The first kappa shape index (κ1) is 22.3. The Morgan fingerprint density at radius 1 is 0.875 bits per heavy atom. The number of carbonyl (C=O) groups excluding carboxylic acids is 2. The quantitative estimate of drug-likeness (QED) is 0.745. The van der Waals surface area contributed by atoms with Crippen molar-refractivity contribution < 1.29 is 22.4 Å². The third-order valence-corrected chi connectivity index (χ3v) is 7.46. The first-order valence-corrected chi connectivity index (χ1v) is 12.3. The third kappa shape index (κ3) is 4.77. The van der Waals surface area contributed by atoms with Crippen molar-refractivity contribution in [2.45, 2.75) is 30.6 Å². The van der Waals surface area contributed by atoms with Crippen LogP contribution in [-0.2, 0) is 14.8 Å². The van der Waals surface area contributed by atoms with Crippen LogP contribution in [0.25, 0.3) is 0 Å². The van der Waals surface area contributed by atoms with Gasteiger partial charge in [-0.1, -0.05) is 12.1 Å². The Morgan fingerprint density at radius 3 is 2.16 bits per heavy atom. The van der Waals surface area contributed by atoms with E-state index in [1.807, 2.05) is 4.90 Å². The number of nitrogens with one attached hydrogen (secondary N) is 1. The van der Waals surface area contributed by atoms with Crippen molar-refractivity contribution >= 4 is 27.5 Å². The van der Waals surface area contributed by atoms with Crippen LogP contribution in [-0.4, -0.2) is 56.2 Å². The molecule has 0 saturated carbocycles. The molecular weight excluding hydrogens is 433 g/mol. The number of rotatable bonds is 5. The average Bonchev–Trinajstić information content (AvgIpc) is 3.34. The highest BCUT2D eigenvalue weighted by Crippen LogP contribution is 2.26. The van der Waals surface area contributed by atoms with Gasteiger partial charge in [0.15, 0.2) is 0 Å². The second-order valence-electron chi connectivity index (χ2n) is 8.20. The molecule has 7 nitrogen and oxygen atoms in total. The lowest BCUT2D eigenvalue weighted by molar-refractivity contribution is -0.135. The normalized spacial score (nSPS) is 17.4. The number of carbonyl (C=O) groups is 2. The number of amides is 2. The molecule has 2 fully saturated rings. The van der Waals surface area contributed by atoms with E-state index in [0.29, 0.717) is 25.9 Å². The summed E-state index contributed by atoms with van der Waals surface area (Å²) < 4.78 is 41.0. The number of hydrogen-bond acceptors (Lipinski definition) is 4. The van der Waals surface area contributed by atoms with Crippen LogP contribution in [0.5, 0.6) is 0 Å². The van der Waals surface area contributed by atoms with Crippen molar-refractivity contribution in [3.8, 4) is 0 Å². The van der Waals surface area contributed by atoms with Crippen molar-refractivity contribution in [2.75, 3.05) is 30.9 Å². The Morgan fingerprint density at radius 2 is 1.50 bits per heavy atom. The number of nitrogens with zero attached hydrogens (tertiary/aromatic N) is 2. The Bertz CT molecular complexity index is 1090. The molecule has 2 aliphatic heterocycles. The summed E-state index contributed by atoms with van der Waals surface area (Å²) in [6, 6.07) is 10.9. The number of likely N-dealkylation sites (tertiary alicyclic amines) is 2. The SMILES string of the molecule is O=C(c1ccccc1NS(=O)(=O)c1ccc(F)cc1)N1CCC(C(=O)N2CCCC2)CC1. The predicted octanol–water partition coefficient (Wildman–Crippen LogP) is 3.10. The van der Waals surface area contributed by atoms with Crippen LogP contribution in [0.4, 0.5) is 10.1 Å². The largest absolute Gasteiger partial charge is 0.342 e. The van der Waals surface area contributed by atoms with Gasteiger partial charge in [0.05, 0.1) is 16.1 Å². The van der Waals surface area contributed by atoms with Crippen molar-refractivity contribution in [3.63, 3.8) is 0 Å². The van der Waals surface area contributed by atoms with E-state index in [0.717, 1.165) is 38.1 Å². The van der Waals surface area contributed by atoms with E-state index < -0.39 is 15.8 Å². The van der Waals surface area contributed by atoms with E-state index in [1.54, 1.807) is 23.1 Å². The number of anilines is 1. The summed E-state index contributed by atoms with van der Waals surface area (Å²) in [6.45, 7) is 2.53. The molecule has 9 heteroatoms. The van der Waals surface area contributed by atoms with Crippen molar-refractivity contribution in [1.29, 1.82) is 0 Å². The molecule has 170 valence electrons. The topological polar surface area (TPSA) is 86.8 Å². The molecule has 1 N–H and O–H groups in total. The second kappa shape index (κ2) is 9.28. The maximum Gasteiger partial charge on any atom is 0.261 e. The molecule has 0 radical (unpaired) electrons. The Labute approximate surface area is 187 Å². The number of halogens is 1. The third-order valence-electron chi connectivity index (χ3n) is 6.07. The molecule has 0 bridgehead atoms. The first-order valence-electron chi connectivity index (χ1n) is 10.8. The fraction of sp³-hybridized carbons (Fsp3) is 0.391. The smallest absolute Gasteiger partial charge is 0.261 e. The number of sulfonamides is 1. The van der Waals surface area contributed by atoms with Gasteiger partial charge < -0.3 is 9.80 Å². The van der Waals surface area contributed by atoms with E-state index >= 15 is 0 Å². The van der Waals surface area contributed by atoms with E-state index in [1.165, 1.54) is 18.2 Å². The van der Waals surface area contributed by atoms with Crippen molar-refractivity contribution in [2.24, 2.45) is 5.92 Å². The fourth-order valence-electron chi connectivity index (χ4n) is 4.27. The first-order chi connectivity index (χ1) is 15.3. The lowest BCUT2D eigenvalue weighted by Gasteiger charge is -2.33. The Hall–Kier alpha value is -2.94. The van der Waals surface area contributed by atoms with E-state index in [-0.39, 0.29) is 33.9 Å². The maximum atomic E-state index is 13.2. The van der Waals surface area contributed by atoms with Gasteiger partial charge in [-0.2, -0.15) is 0 Å². The van der Waals surface area contributed by atoms with Gasteiger partial charge in [-0.3, -0.25) is 14.3 Å². The van der Waals surface area contributed by atoms with Gasteiger partial charge in [0.25, 0.3) is 15.9 Å². The average molecular weight is 460 g/mol. The zero-order valence-electron chi connectivity index (χ0n) is 17.7. The summed E-state index contributed by atoms with van der Waals surface area (Å²) in [5.74, 6) is -0.702.